The smallest absolute Gasteiger partial charge is 0.304 e. The summed E-state index contributed by atoms with van der Waals surface area (Å²) in [6.07, 6.45) is 2.71. The summed E-state index contributed by atoms with van der Waals surface area (Å²) in [6.45, 7) is 2.05. The highest BCUT2D eigenvalue weighted by Crippen LogP contribution is 2.19. The Kier molecular flexibility index (Phi) is 6.16. The Morgan fingerprint density at radius 2 is 2.22 bits per heavy atom. The molecule has 0 heterocycles. The van der Waals surface area contributed by atoms with Gasteiger partial charge in [0.25, 0.3) is 0 Å². The van der Waals surface area contributed by atoms with E-state index in [1.807, 2.05) is 31.2 Å². The summed E-state index contributed by atoms with van der Waals surface area (Å²) in [7, 11) is 0. The first-order valence-corrected chi connectivity index (χ1v) is 6.62. The van der Waals surface area contributed by atoms with E-state index < -0.39 is 5.97 Å². The van der Waals surface area contributed by atoms with Crippen LogP contribution in [0.3, 0.4) is 0 Å². The van der Waals surface area contributed by atoms with Gasteiger partial charge in [-0.3, -0.25) is 4.79 Å². The van der Waals surface area contributed by atoms with Gasteiger partial charge in [-0.15, -0.1) is 0 Å². The van der Waals surface area contributed by atoms with Crippen LogP contribution in [0, 0.1) is 5.92 Å². The monoisotopic (exact) mass is 269 g/mol. The lowest BCUT2D eigenvalue weighted by Crippen LogP contribution is -2.32. The van der Waals surface area contributed by atoms with Crippen LogP contribution < -0.4 is 5.73 Å². The van der Waals surface area contributed by atoms with Crippen LogP contribution in [0.5, 0.6) is 0 Å². The molecule has 1 aromatic carbocycles. The number of carboxylic acids is 1. The number of hydrogen-bond acceptors (Lipinski definition) is 2. The third kappa shape index (κ3) is 5.07. The van der Waals surface area contributed by atoms with Gasteiger partial charge in [-0.2, -0.15) is 0 Å². The molecule has 2 unspecified atom stereocenters. The average Bonchev–Trinajstić information content (AvgIpc) is 2.29. The minimum Gasteiger partial charge on any atom is -0.481 e. The molecule has 0 aromatic heterocycles. The number of carboxylic acid groups (broad SMARTS) is 1. The zero-order chi connectivity index (χ0) is 13.5. The molecule has 100 valence electrons. The molecule has 0 aliphatic rings. The molecule has 0 aliphatic heterocycles. The fourth-order valence-electron chi connectivity index (χ4n) is 2.13. The Morgan fingerprint density at radius 3 is 2.78 bits per heavy atom. The Bertz CT molecular complexity index is 395. The molecule has 0 radical (unpaired) electrons. The molecule has 0 aliphatic carbocycles. The van der Waals surface area contributed by atoms with Gasteiger partial charge in [-0.25, -0.2) is 0 Å². The zero-order valence-electron chi connectivity index (χ0n) is 10.6. The van der Waals surface area contributed by atoms with E-state index in [0.29, 0.717) is 0 Å². The maximum absolute atomic E-state index is 10.7. The topological polar surface area (TPSA) is 63.3 Å². The van der Waals surface area contributed by atoms with Gasteiger partial charge < -0.3 is 10.8 Å². The number of aliphatic carboxylic acids is 1. The van der Waals surface area contributed by atoms with Crippen LogP contribution in [0.1, 0.15) is 31.7 Å². The third-order valence-corrected chi connectivity index (χ3v) is 3.47. The summed E-state index contributed by atoms with van der Waals surface area (Å²) >= 11 is 5.92. The van der Waals surface area contributed by atoms with E-state index in [1.165, 1.54) is 5.56 Å². The minimum atomic E-state index is -0.830. The molecule has 18 heavy (non-hydrogen) atoms. The molecule has 0 bridgehead atoms. The van der Waals surface area contributed by atoms with Crippen LogP contribution in [0.15, 0.2) is 24.3 Å². The number of halogens is 1. The van der Waals surface area contributed by atoms with Crippen LogP contribution in [0.25, 0.3) is 0 Å². The molecular formula is C14H20ClNO2. The van der Waals surface area contributed by atoms with E-state index in [-0.39, 0.29) is 18.4 Å². The van der Waals surface area contributed by atoms with Crippen LogP contribution >= 0.6 is 11.6 Å². The van der Waals surface area contributed by atoms with Gasteiger partial charge in [0.2, 0.25) is 0 Å². The van der Waals surface area contributed by atoms with Crippen LogP contribution in [-0.4, -0.2) is 17.1 Å². The van der Waals surface area contributed by atoms with Crippen molar-refractivity contribution in [3.8, 4) is 0 Å². The lowest BCUT2D eigenvalue weighted by Gasteiger charge is -2.21. The van der Waals surface area contributed by atoms with Crippen molar-refractivity contribution in [1.82, 2.24) is 0 Å². The molecule has 0 saturated carbocycles. The fraction of sp³-hybridized carbons (Fsp3) is 0.500. The second kappa shape index (κ2) is 7.39. The maximum Gasteiger partial charge on any atom is 0.304 e. The number of nitrogens with two attached hydrogens (primary N) is 1. The van der Waals surface area contributed by atoms with E-state index in [9.17, 15) is 4.79 Å². The highest BCUT2D eigenvalue weighted by atomic mass is 35.5. The number of carbonyl (C=O) groups is 1. The maximum atomic E-state index is 10.7. The quantitative estimate of drug-likeness (QED) is 0.799. The lowest BCUT2D eigenvalue weighted by atomic mass is 9.89. The second-order valence-electron chi connectivity index (χ2n) is 4.60. The first-order chi connectivity index (χ1) is 8.52. The Balaban J connectivity index is 2.51. The summed E-state index contributed by atoms with van der Waals surface area (Å²) in [6, 6.07) is 7.47. The normalized spacial score (nSPS) is 14.2. The van der Waals surface area contributed by atoms with Crippen molar-refractivity contribution in [3.05, 3.63) is 34.9 Å². The number of aryl methyl sites for hydroxylation is 1. The number of rotatable bonds is 7. The van der Waals surface area contributed by atoms with Crippen molar-refractivity contribution in [2.24, 2.45) is 11.7 Å². The molecular weight excluding hydrogens is 250 g/mol. The van der Waals surface area contributed by atoms with E-state index in [4.69, 9.17) is 22.4 Å². The minimum absolute atomic E-state index is 0.0358. The van der Waals surface area contributed by atoms with Crippen molar-refractivity contribution in [3.63, 3.8) is 0 Å². The first-order valence-electron chi connectivity index (χ1n) is 6.24. The van der Waals surface area contributed by atoms with E-state index in [0.717, 1.165) is 24.3 Å². The molecule has 0 amide bonds. The molecule has 4 heteroatoms. The van der Waals surface area contributed by atoms with Crippen molar-refractivity contribution in [2.75, 3.05) is 0 Å². The summed E-state index contributed by atoms with van der Waals surface area (Å²) in [5, 5.41) is 9.48. The summed E-state index contributed by atoms with van der Waals surface area (Å²) in [5.41, 5.74) is 7.09. The van der Waals surface area contributed by atoms with Crippen molar-refractivity contribution in [1.29, 1.82) is 0 Å². The molecule has 0 fully saturated rings. The van der Waals surface area contributed by atoms with Gasteiger partial charge in [0.1, 0.15) is 0 Å². The van der Waals surface area contributed by atoms with E-state index >= 15 is 0 Å². The average molecular weight is 270 g/mol. The molecule has 1 rings (SSSR count). The van der Waals surface area contributed by atoms with Gasteiger partial charge in [0.15, 0.2) is 0 Å². The highest BCUT2D eigenvalue weighted by molar-refractivity contribution is 6.30. The summed E-state index contributed by atoms with van der Waals surface area (Å²) in [4.78, 5) is 10.7. The molecule has 2 atom stereocenters. The van der Waals surface area contributed by atoms with Crippen molar-refractivity contribution in [2.45, 2.75) is 38.6 Å². The van der Waals surface area contributed by atoms with E-state index in [1.54, 1.807) is 0 Å². The van der Waals surface area contributed by atoms with Gasteiger partial charge in [-0.1, -0.05) is 37.1 Å². The van der Waals surface area contributed by atoms with Gasteiger partial charge in [0.05, 0.1) is 6.42 Å². The predicted octanol–water partition coefficient (Wildman–Crippen LogP) is 3.10. The van der Waals surface area contributed by atoms with Gasteiger partial charge >= 0.3 is 5.97 Å². The van der Waals surface area contributed by atoms with Gasteiger partial charge in [-0.05, 0) is 36.5 Å². The van der Waals surface area contributed by atoms with E-state index in [2.05, 4.69) is 0 Å². The Morgan fingerprint density at radius 1 is 1.50 bits per heavy atom. The van der Waals surface area contributed by atoms with Crippen LogP contribution in [-0.2, 0) is 11.2 Å². The molecule has 3 N–H and O–H groups in total. The number of benzene rings is 1. The van der Waals surface area contributed by atoms with Crippen molar-refractivity contribution < 1.29 is 9.90 Å². The molecule has 1 aromatic rings. The standard InChI is InChI=1S/C14H20ClNO2/c1-2-11(13(16)9-14(17)18)7-6-10-4-3-5-12(15)8-10/h3-5,8,11,13H,2,6-7,9,16H2,1H3,(H,17,18). The second-order valence-corrected chi connectivity index (χ2v) is 5.04. The largest absolute Gasteiger partial charge is 0.481 e. The van der Waals surface area contributed by atoms with Crippen molar-refractivity contribution >= 4 is 17.6 Å². The fourth-order valence-corrected chi connectivity index (χ4v) is 2.35. The Hall–Kier alpha value is -1.06. The third-order valence-electron chi connectivity index (χ3n) is 3.23. The SMILES string of the molecule is CCC(CCc1cccc(Cl)c1)C(N)CC(=O)O. The summed E-state index contributed by atoms with van der Waals surface area (Å²) in [5.74, 6) is -0.594. The predicted molar refractivity (Wildman–Crippen MR) is 73.8 cm³/mol. The first kappa shape index (κ1) is 15.0. The molecule has 0 saturated heterocycles. The molecule has 0 spiro atoms. The number of hydrogen-bond donors (Lipinski definition) is 2. The van der Waals surface area contributed by atoms with Crippen LogP contribution in [0.2, 0.25) is 5.02 Å². The summed E-state index contributed by atoms with van der Waals surface area (Å²) < 4.78 is 0. The Labute approximate surface area is 113 Å². The van der Waals surface area contributed by atoms with Gasteiger partial charge in [0, 0.05) is 11.1 Å². The lowest BCUT2D eigenvalue weighted by molar-refractivity contribution is -0.137. The highest BCUT2D eigenvalue weighted by Gasteiger charge is 2.18. The van der Waals surface area contributed by atoms with Crippen LogP contribution in [0.4, 0.5) is 0 Å². The molecule has 3 nitrogen and oxygen atoms in total. The zero-order valence-corrected chi connectivity index (χ0v) is 11.4.